The summed E-state index contributed by atoms with van der Waals surface area (Å²) in [5, 5.41) is 2.72. The maximum absolute atomic E-state index is 12.5. The van der Waals surface area contributed by atoms with Gasteiger partial charge in [-0.1, -0.05) is 6.92 Å². The van der Waals surface area contributed by atoms with Gasteiger partial charge < -0.3 is 11.1 Å². The Morgan fingerprint density at radius 2 is 1.84 bits per heavy atom. The number of likely N-dealkylation sites (N-methyl/N-ethyl adjacent to an activating group) is 1. The van der Waals surface area contributed by atoms with Crippen molar-refractivity contribution in [1.29, 1.82) is 0 Å². The first-order chi connectivity index (χ1) is 11.6. The van der Waals surface area contributed by atoms with Crippen molar-refractivity contribution in [3.8, 4) is 0 Å². The fraction of sp³-hybridized carbons (Fsp3) is 0.625. The number of carbonyl (C=O) groups excluding carboxylic acids is 2. The summed E-state index contributed by atoms with van der Waals surface area (Å²) in [4.78, 5) is 50.2. The van der Waals surface area contributed by atoms with Crippen LogP contribution in [0.4, 0.5) is 5.82 Å². The highest BCUT2D eigenvalue weighted by molar-refractivity contribution is 6.01. The van der Waals surface area contributed by atoms with Crippen molar-refractivity contribution in [2.75, 3.05) is 25.9 Å². The maximum atomic E-state index is 12.5. The van der Waals surface area contributed by atoms with Gasteiger partial charge in [-0.25, -0.2) is 4.79 Å². The minimum atomic E-state index is -0.722. The van der Waals surface area contributed by atoms with Crippen molar-refractivity contribution in [1.82, 2.24) is 19.4 Å². The molecule has 0 bridgehead atoms. The third-order valence-electron chi connectivity index (χ3n) is 3.59. The molecule has 0 radical (unpaired) electrons. The quantitative estimate of drug-likeness (QED) is 0.589. The minimum absolute atomic E-state index is 0.00265. The van der Waals surface area contributed by atoms with Gasteiger partial charge in [-0.3, -0.25) is 28.4 Å². The summed E-state index contributed by atoms with van der Waals surface area (Å²) in [7, 11) is 2.91. The molecule has 0 aliphatic heterocycles. The van der Waals surface area contributed by atoms with Gasteiger partial charge in [-0.05, 0) is 27.3 Å². The predicted molar refractivity (Wildman–Crippen MR) is 95.8 cm³/mol. The number of nitrogens with one attached hydrogen (secondary N) is 1. The Hall–Kier alpha value is -2.42. The molecule has 140 valence electrons. The van der Waals surface area contributed by atoms with E-state index in [4.69, 9.17) is 5.73 Å². The maximum Gasteiger partial charge on any atom is 0.332 e. The second kappa shape index (κ2) is 8.61. The van der Waals surface area contributed by atoms with E-state index in [1.54, 1.807) is 7.05 Å². The zero-order valence-electron chi connectivity index (χ0n) is 15.5. The molecule has 1 rings (SSSR count). The van der Waals surface area contributed by atoms with E-state index in [-0.39, 0.29) is 36.4 Å². The summed E-state index contributed by atoms with van der Waals surface area (Å²) in [5.41, 5.74) is 4.43. The molecule has 0 spiro atoms. The van der Waals surface area contributed by atoms with Gasteiger partial charge in [0.25, 0.3) is 5.56 Å². The van der Waals surface area contributed by atoms with Crippen LogP contribution in [0, 0.1) is 0 Å². The van der Waals surface area contributed by atoms with Crippen LogP contribution < -0.4 is 22.3 Å². The third-order valence-corrected chi connectivity index (χ3v) is 3.59. The summed E-state index contributed by atoms with van der Waals surface area (Å²) in [6.07, 6.45) is 0.630. The Kier molecular flexibility index (Phi) is 7.10. The third kappa shape index (κ3) is 5.02. The average molecular weight is 353 g/mol. The molecule has 1 aromatic rings. The molecule has 0 aromatic carbocycles. The Bertz CT molecular complexity index is 763. The first-order valence-corrected chi connectivity index (χ1v) is 8.20. The first kappa shape index (κ1) is 20.6. The van der Waals surface area contributed by atoms with Crippen LogP contribution in [0.2, 0.25) is 0 Å². The highest BCUT2D eigenvalue weighted by Gasteiger charge is 2.22. The number of anilines is 1. The summed E-state index contributed by atoms with van der Waals surface area (Å²) in [6.45, 7) is 5.70. The summed E-state index contributed by atoms with van der Waals surface area (Å²) in [5.74, 6) is -0.870. The number of Topliss-reactive ketones (excluding diaryl/α,β-unsaturated/α-hetero) is 1. The van der Waals surface area contributed by atoms with Gasteiger partial charge in [0.15, 0.2) is 5.78 Å². The van der Waals surface area contributed by atoms with Crippen LogP contribution in [0.15, 0.2) is 9.59 Å². The van der Waals surface area contributed by atoms with Gasteiger partial charge in [-0.15, -0.1) is 0 Å². The van der Waals surface area contributed by atoms with E-state index >= 15 is 0 Å². The zero-order valence-corrected chi connectivity index (χ0v) is 15.5. The molecule has 3 N–H and O–H groups in total. The van der Waals surface area contributed by atoms with Crippen LogP contribution in [0.5, 0.6) is 0 Å². The first-order valence-electron chi connectivity index (χ1n) is 8.20. The summed E-state index contributed by atoms with van der Waals surface area (Å²) in [6, 6.07) is -0.00265. The smallest absolute Gasteiger partial charge is 0.332 e. The summed E-state index contributed by atoms with van der Waals surface area (Å²) >= 11 is 0. The van der Waals surface area contributed by atoms with Gasteiger partial charge >= 0.3 is 5.69 Å². The van der Waals surface area contributed by atoms with E-state index < -0.39 is 17.0 Å². The van der Waals surface area contributed by atoms with Crippen molar-refractivity contribution in [3.63, 3.8) is 0 Å². The van der Waals surface area contributed by atoms with E-state index in [0.717, 1.165) is 4.57 Å². The molecule has 25 heavy (non-hydrogen) atoms. The molecular formula is C16H27N5O4. The molecule has 0 saturated carbocycles. The molecule has 1 amide bonds. The molecule has 0 atom stereocenters. The second-order valence-corrected chi connectivity index (χ2v) is 6.38. The molecule has 1 heterocycles. The number of ketones is 1. The molecule has 0 unspecified atom stereocenters. The topological polar surface area (TPSA) is 119 Å². The highest BCUT2D eigenvalue weighted by atomic mass is 16.2. The van der Waals surface area contributed by atoms with Crippen LogP contribution in [-0.2, 0) is 18.4 Å². The van der Waals surface area contributed by atoms with Crippen molar-refractivity contribution >= 4 is 17.5 Å². The molecule has 1 aromatic heterocycles. The standard InChI is InChI=1S/C16H27N5O4/c1-6-7-21-14(17)13(15(24)20(5)16(21)25)11(22)8-19(4)9-12(23)18-10(2)3/h10H,6-9,17H2,1-5H3,(H,18,23). The number of nitrogens with zero attached hydrogens (tertiary/aromatic N) is 3. The Morgan fingerprint density at radius 3 is 2.36 bits per heavy atom. The van der Waals surface area contributed by atoms with E-state index in [9.17, 15) is 19.2 Å². The van der Waals surface area contributed by atoms with Crippen LogP contribution in [-0.4, -0.2) is 51.9 Å². The molecule has 0 aliphatic carbocycles. The Balaban J connectivity index is 3.08. The zero-order chi connectivity index (χ0) is 19.3. The highest BCUT2D eigenvalue weighted by Crippen LogP contribution is 2.07. The van der Waals surface area contributed by atoms with Gasteiger partial charge in [0.05, 0.1) is 13.1 Å². The molecular weight excluding hydrogens is 326 g/mol. The predicted octanol–water partition coefficient (Wildman–Crippen LogP) is -0.822. The lowest BCUT2D eigenvalue weighted by molar-refractivity contribution is -0.122. The van der Waals surface area contributed by atoms with Gasteiger partial charge in [-0.2, -0.15) is 0 Å². The number of hydrogen-bond donors (Lipinski definition) is 2. The second-order valence-electron chi connectivity index (χ2n) is 6.38. The number of rotatable bonds is 8. The number of carbonyl (C=O) groups is 2. The molecule has 9 heteroatoms. The van der Waals surface area contributed by atoms with Crippen molar-refractivity contribution < 1.29 is 9.59 Å². The van der Waals surface area contributed by atoms with Gasteiger partial charge in [0.2, 0.25) is 5.91 Å². The molecule has 0 saturated heterocycles. The monoisotopic (exact) mass is 353 g/mol. The number of nitrogen functional groups attached to an aromatic ring is 1. The fourth-order valence-electron chi connectivity index (χ4n) is 2.48. The van der Waals surface area contributed by atoms with Crippen LogP contribution in [0.1, 0.15) is 37.6 Å². The van der Waals surface area contributed by atoms with Crippen LogP contribution in [0.25, 0.3) is 0 Å². The lowest BCUT2D eigenvalue weighted by atomic mass is 10.1. The van der Waals surface area contributed by atoms with Crippen molar-refractivity contribution in [2.45, 2.75) is 39.8 Å². The number of amides is 1. The van der Waals surface area contributed by atoms with Crippen LogP contribution >= 0.6 is 0 Å². The van der Waals surface area contributed by atoms with Gasteiger partial charge in [0.1, 0.15) is 11.4 Å². The molecule has 9 nitrogen and oxygen atoms in total. The minimum Gasteiger partial charge on any atom is -0.384 e. The van der Waals surface area contributed by atoms with E-state index in [2.05, 4.69) is 5.32 Å². The van der Waals surface area contributed by atoms with Crippen LogP contribution in [0.3, 0.4) is 0 Å². The Morgan fingerprint density at radius 1 is 1.24 bits per heavy atom. The van der Waals surface area contributed by atoms with Gasteiger partial charge in [0, 0.05) is 19.6 Å². The van der Waals surface area contributed by atoms with Crippen molar-refractivity contribution in [3.05, 3.63) is 26.4 Å². The number of aromatic nitrogens is 2. The van der Waals surface area contributed by atoms with E-state index in [0.29, 0.717) is 13.0 Å². The summed E-state index contributed by atoms with van der Waals surface area (Å²) < 4.78 is 2.10. The lowest BCUT2D eigenvalue weighted by Crippen LogP contribution is -2.45. The lowest BCUT2D eigenvalue weighted by Gasteiger charge is -2.18. The molecule has 0 fully saturated rings. The normalized spacial score (nSPS) is 11.2. The SMILES string of the molecule is CCCn1c(N)c(C(=O)CN(C)CC(=O)NC(C)C)c(=O)n(C)c1=O. The Labute approximate surface area is 146 Å². The largest absolute Gasteiger partial charge is 0.384 e. The van der Waals surface area contributed by atoms with E-state index in [1.165, 1.54) is 16.5 Å². The fourth-order valence-corrected chi connectivity index (χ4v) is 2.48. The van der Waals surface area contributed by atoms with Crippen molar-refractivity contribution in [2.24, 2.45) is 7.05 Å². The average Bonchev–Trinajstić information content (AvgIpc) is 2.48. The number of nitrogens with two attached hydrogens (primary N) is 1. The molecule has 0 aliphatic rings. The van der Waals surface area contributed by atoms with E-state index in [1.807, 2.05) is 20.8 Å². The number of hydrogen-bond acceptors (Lipinski definition) is 6.